The molecule has 7 heteroatoms. The lowest BCUT2D eigenvalue weighted by Gasteiger charge is -2.08. The molecular formula is C31H28O7. The quantitative estimate of drug-likeness (QED) is 0.0718. The van der Waals surface area contributed by atoms with Gasteiger partial charge >= 0.3 is 17.6 Å². The van der Waals surface area contributed by atoms with Crippen LogP contribution in [0.3, 0.4) is 0 Å². The maximum atomic E-state index is 12.6. The molecule has 4 aromatic rings. The molecule has 0 aliphatic rings. The van der Waals surface area contributed by atoms with Gasteiger partial charge < -0.3 is 18.6 Å². The molecule has 38 heavy (non-hydrogen) atoms. The fourth-order valence-electron chi connectivity index (χ4n) is 3.80. The van der Waals surface area contributed by atoms with Crippen molar-refractivity contribution in [1.29, 1.82) is 0 Å². The zero-order valence-electron chi connectivity index (χ0n) is 20.9. The van der Waals surface area contributed by atoms with E-state index in [-0.39, 0.29) is 0 Å². The minimum atomic E-state index is -0.494. The van der Waals surface area contributed by atoms with E-state index in [1.165, 1.54) is 0 Å². The summed E-state index contributed by atoms with van der Waals surface area (Å²) in [6, 6.07) is 22.6. The second-order valence-corrected chi connectivity index (χ2v) is 8.56. The van der Waals surface area contributed by atoms with E-state index >= 15 is 0 Å². The highest BCUT2D eigenvalue weighted by atomic mass is 16.5. The number of unbranched alkanes of at least 4 members (excludes halogenated alkanes) is 3. The summed E-state index contributed by atoms with van der Waals surface area (Å²) in [5.41, 5.74) is 1.60. The first kappa shape index (κ1) is 26.4. The SMILES string of the molecule is C=CC(=O)OCCCCCCOc1ccc(C(=O)Oc2ccc(-c3cc4ccccc4oc3=O)cc2)cc1. The molecule has 0 aliphatic heterocycles. The minimum Gasteiger partial charge on any atom is -0.494 e. The van der Waals surface area contributed by atoms with E-state index in [0.717, 1.165) is 37.1 Å². The van der Waals surface area contributed by atoms with Crippen molar-refractivity contribution in [3.63, 3.8) is 0 Å². The molecule has 4 rings (SSSR count). The summed E-state index contributed by atoms with van der Waals surface area (Å²) in [4.78, 5) is 35.9. The van der Waals surface area contributed by atoms with Crippen LogP contribution in [0.15, 0.2) is 101 Å². The first-order valence-electron chi connectivity index (χ1n) is 12.4. The number of ether oxygens (including phenoxy) is 3. The molecule has 0 amide bonds. The van der Waals surface area contributed by atoms with Gasteiger partial charge in [-0.1, -0.05) is 36.9 Å². The number of esters is 2. The molecule has 0 fully saturated rings. The van der Waals surface area contributed by atoms with Crippen molar-refractivity contribution in [2.24, 2.45) is 0 Å². The second-order valence-electron chi connectivity index (χ2n) is 8.56. The Morgan fingerprint density at radius 3 is 2.24 bits per heavy atom. The second kappa shape index (κ2) is 13.1. The summed E-state index contributed by atoms with van der Waals surface area (Å²) in [6.07, 6.45) is 4.73. The van der Waals surface area contributed by atoms with E-state index in [1.807, 2.05) is 18.2 Å². The zero-order valence-corrected chi connectivity index (χ0v) is 20.9. The molecule has 0 radical (unpaired) electrons. The average molecular weight is 513 g/mol. The van der Waals surface area contributed by atoms with Gasteiger partial charge in [0.15, 0.2) is 0 Å². The average Bonchev–Trinajstić information content (AvgIpc) is 2.94. The fraction of sp³-hybridized carbons (Fsp3) is 0.194. The van der Waals surface area contributed by atoms with Gasteiger partial charge in [-0.2, -0.15) is 0 Å². The smallest absolute Gasteiger partial charge is 0.344 e. The number of benzene rings is 3. The van der Waals surface area contributed by atoms with Crippen LogP contribution in [0.25, 0.3) is 22.1 Å². The molecular weight excluding hydrogens is 484 g/mol. The Kier molecular flexibility index (Phi) is 9.07. The molecule has 1 heterocycles. The number of hydrogen-bond acceptors (Lipinski definition) is 7. The van der Waals surface area contributed by atoms with Crippen molar-refractivity contribution in [3.8, 4) is 22.6 Å². The van der Waals surface area contributed by atoms with E-state index in [9.17, 15) is 14.4 Å². The van der Waals surface area contributed by atoms with Crippen LogP contribution in [0.5, 0.6) is 11.5 Å². The Balaban J connectivity index is 1.24. The largest absolute Gasteiger partial charge is 0.494 e. The topological polar surface area (TPSA) is 92.0 Å². The van der Waals surface area contributed by atoms with Crippen molar-refractivity contribution >= 4 is 22.9 Å². The van der Waals surface area contributed by atoms with Gasteiger partial charge in [-0.15, -0.1) is 0 Å². The predicted octanol–water partition coefficient (Wildman–Crippen LogP) is 6.35. The summed E-state index contributed by atoms with van der Waals surface area (Å²) in [5, 5.41) is 0.828. The first-order chi connectivity index (χ1) is 18.5. The van der Waals surface area contributed by atoms with Crippen molar-refractivity contribution in [3.05, 3.63) is 108 Å². The van der Waals surface area contributed by atoms with Gasteiger partial charge in [0.05, 0.1) is 24.3 Å². The Morgan fingerprint density at radius 2 is 1.50 bits per heavy atom. The monoisotopic (exact) mass is 512 g/mol. The number of para-hydroxylation sites is 1. The Labute approximate surface area is 220 Å². The minimum absolute atomic E-state index is 0.364. The fourth-order valence-corrected chi connectivity index (χ4v) is 3.80. The lowest BCUT2D eigenvalue weighted by atomic mass is 10.1. The van der Waals surface area contributed by atoms with Gasteiger partial charge in [-0.05, 0) is 79.8 Å². The van der Waals surface area contributed by atoms with Crippen molar-refractivity contribution in [2.75, 3.05) is 13.2 Å². The van der Waals surface area contributed by atoms with Gasteiger partial charge in [0.1, 0.15) is 17.1 Å². The number of rotatable bonds is 12. The van der Waals surface area contributed by atoms with Crippen molar-refractivity contribution < 1.29 is 28.2 Å². The Hall–Kier alpha value is -4.65. The number of fused-ring (bicyclic) bond motifs is 1. The highest BCUT2D eigenvalue weighted by Crippen LogP contribution is 2.24. The van der Waals surface area contributed by atoms with Crippen LogP contribution >= 0.6 is 0 Å². The molecule has 1 aromatic heterocycles. The van der Waals surface area contributed by atoms with Gasteiger partial charge in [0, 0.05) is 11.5 Å². The van der Waals surface area contributed by atoms with Gasteiger partial charge in [-0.25, -0.2) is 14.4 Å². The van der Waals surface area contributed by atoms with Crippen LogP contribution in [0, 0.1) is 0 Å². The lowest BCUT2D eigenvalue weighted by molar-refractivity contribution is -0.137. The molecule has 0 bridgehead atoms. The Morgan fingerprint density at radius 1 is 0.816 bits per heavy atom. The van der Waals surface area contributed by atoms with Crippen molar-refractivity contribution in [2.45, 2.75) is 25.7 Å². The van der Waals surface area contributed by atoms with E-state index in [0.29, 0.717) is 47.0 Å². The normalized spacial score (nSPS) is 10.6. The first-order valence-corrected chi connectivity index (χ1v) is 12.4. The van der Waals surface area contributed by atoms with E-state index in [4.69, 9.17) is 18.6 Å². The summed E-state index contributed by atoms with van der Waals surface area (Å²) >= 11 is 0. The van der Waals surface area contributed by atoms with Gasteiger partial charge in [0.2, 0.25) is 0 Å². The maximum Gasteiger partial charge on any atom is 0.344 e. The summed E-state index contributed by atoms with van der Waals surface area (Å²) < 4.78 is 21.5. The summed E-state index contributed by atoms with van der Waals surface area (Å²) in [6.45, 7) is 4.31. The van der Waals surface area contributed by atoms with Crippen molar-refractivity contribution in [1.82, 2.24) is 0 Å². The molecule has 0 unspecified atom stereocenters. The molecule has 0 aliphatic carbocycles. The van der Waals surface area contributed by atoms with Crippen LogP contribution in [-0.4, -0.2) is 25.2 Å². The molecule has 0 N–H and O–H groups in total. The zero-order chi connectivity index (χ0) is 26.7. The van der Waals surface area contributed by atoms with Crippen LogP contribution in [0.4, 0.5) is 0 Å². The molecule has 3 aromatic carbocycles. The van der Waals surface area contributed by atoms with E-state index in [2.05, 4.69) is 6.58 Å². The van der Waals surface area contributed by atoms with Gasteiger partial charge in [-0.3, -0.25) is 0 Å². The third kappa shape index (κ3) is 7.20. The molecule has 0 atom stereocenters. The number of hydrogen-bond donors (Lipinski definition) is 0. The molecule has 0 saturated carbocycles. The third-order valence-corrected chi connectivity index (χ3v) is 5.83. The maximum absolute atomic E-state index is 12.6. The highest BCUT2D eigenvalue weighted by Gasteiger charge is 2.11. The standard InChI is InChI=1S/C31H28O7/c1-2-29(32)36-20-8-4-3-7-19-35-25-15-13-23(14-16-25)30(33)37-26-17-11-22(12-18-26)27-21-24-9-5-6-10-28(24)38-31(27)34/h2,5-6,9-18,21H,1,3-4,7-8,19-20H2. The summed E-state index contributed by atoms with van der Waals surface area (Å²) in [5.74, 6) is 0.140. The lowest BCUT2D eigenvalue weighted by Crippen LogP contribution is -2.08. The predicted molar refractivity (Wildman–Crippen MR) is 144 cm³/mol. The van der Waals surface area contributed by atoms with E-state index < -0.39 is 17.6 Å². The number of carbonyl (C=O) groups is 2. The van der Waals surface area contributed by atoms with Crippen LogP contribution in [-0.2, 0) is 9.53 Å². The summed E-state index contributed by atoms with van der Waals surface area (Å²) in [7, 11) is 0. The van der Waals surface area contributed by atoms with Gasteiger partial charge in [0.25, 0.3) is 0 Å². The highest BCUT2D eigenvalue weighted by molar-refractivity contribution is 5.91. The van der Waals surface area contributed by atoms with Crippen LogP contribution in [0.2, 0.25) is 0 Å². The Bertz CT molecular complexity index is 1450. The molecule has 194 valence electrons. The molecule has 0 spiro atoms. The molecule has 7 nitrogen and oxygen atoms in total. The molecule has 0 saturated heterocycles. The van der Waals surface area contributed by atoms with E-state index in [1.54, 1.807) is 60.7 Å². The van der Waals surface area contributed by atoms with Crippen LogP contribution < -0.4 is 15.1 Å². The third-order valence-electron chi connectivity index (χ3n) is 5.83. The van der Waals surface area contributed by atoms with Crippen LogP contribution in [0.1, 0.15) is 36.0 Å². The number of carbonyl (C=O) groups excluding carboxylic acids is 2.